The van der Waals surface area contributed by atoms with Gasteiger partial charge in [-0.25, -0.2) is 0 Å². The SMILES string of the molecule is Cc1ccc([N+](=O)[O-])cc1C(=O)NC1CC(O)C1(C)C. The van der Waals surface area contributed by atoms with Crippen molar-refractivity contribution >= 4 is 11.6 Å². The van der Waals surface area contributed by atoms with E-state index in [1.165, 1.54) is 12.1 Å². The lowest BCUT2D eigenvalue weighted by Crippen LogP contribution is -2.61. The first kappa shape index (κ1) is 14.5. The second kappa shape index (κ2) is 4.86. The highest BCUT2D eigenvalue weighted by Crippen LogP contribution is 2.40. The summed E-state index contributed by atoms with van der Waals surface area (Å²) in [4.78, 5) is 22.5. The Hall–Kier alpha value is -1.95. The number of nitro benzene ring substituents is 1. The maximum absolute atomic E-state index is 12.2. The number of aliphatic hydroxyl groups excluding tert-OH is 1. The molecule has 2 rings (SSSR count). The van der Waals surface area contributed by atoms with Gasteiger partial charge in [0.15, 0.2) is 0 Å². The van der Waals surface area contributed by atoms with Crippen molar-refractivity contribution in [1.29, 1.82) is 0 Å². The Balaban J connectivity index is 2.18. The zero-order valence-corrected chi connectivity index (χ0v) is 11.7. The molecule has 1 aromatic carbocycles. The molecule has 2 unspecified atom stereocenters. The number of benzene rings is 1. The van der Waals surface area contributed by atoms with Crippen molar-refractivity contribution in [2.24, 2.45) is 5.41 Å². The number of nitro groups is 1. The molecular weight excluding hydrogens is 260 g/mol. The fourth-order valence-corrected chi connectivity index (χ4v) is 2.35. The average molecular weight is 278 g/mol. The Morgan fingerprint density at radius 3 is 2.65 bits per heavy atom. The lowest BCUT2D eigenvalue weighted by molar-refractivity contribution is -0.384. The van der Waals surface area contributed by atoms with Crippen molar-refractivity contribution in [2.75, 3.05) is 0 Å². The lowest BCUT2D eigenvalue weighted by Gasteiger charge is -2.49. The highest BCUT2D eigenvalue weighted by molar-refractivity contribution is 5.96. The Kier molecular flexibility index (Phi) is 3.52. The van der Waals surface area contributed by atoms with Crippen LogP contribution < -0.4 is 5.32 Å². The van der Waals surface area contributed by atoms with Crippen LogP contribution in [-0.2, 0) is 0 Å². The quantitative estimate of drug-likeness (QED) is 0.651. The Morgan fingerprint density at radius 2 is 2.15 bits per heavy atom. The van der Waals surface area contributed by atoms with Crippen molar-refractivity contribution in [2.45, 2.75) is 39.3 Å². The highest BCUT2D eigenvalue weighted by Gasteiger charge is 2.48. The molecule has 1 aliphatic rings. The van der Waals surface area contributed by atoms with E-state index in [4.69, 9.17) is 0 Å². The standard InChI is InChI=1S/C14H18N2O4/c1-8-4-5-9(16(19)20)6-10(8)13(18)15-11-7-12(17)14(11,2)3/h4-6,11-12,17H,7H2,1-3H3,(H,15,18). The van der Waals surface area contributed by atoms with Gasteiger partial charge in [-0.05, 0) is 18.9 Å². The maximum Gasteiger partial charge on any atom is 0.270 e. The summed E-state index contributed by atoms with van der Waals surface area (Å²) in [6, 6.07) is 4.10. The molecule has 1 aliphatic carbocycles. The smallest absolute Gasteiger partial charge is 0.270 e. The van der Waals surface area contributed by atoms with Gasteiger partial charge in [-0.3, -0.25) is 14.9 Å². The van der Waals surface area contributed by atoms with Crippen molar-refractivity contribution < 1.29 is 14.8 Å². The molecular formula is C14H18N2O4. The van der Waals surface area contributed by atoms with E-state index < -0.39 is 11.0 Å². The van der Waals surface area contributed by atoms with Crippen LogP contribution >= 0.6 is 0 Å². The summed E-state index contributed by atoms with van der Waals surface area (Å²) in [5.41, 5.74) is 0.514. The summed E-state index contributed by atoms with van der Waals surface area (Å²) in [5.74, 6) is -0.337. The maximum atomic E-state index is 12.2. The monoisotopic (exact) mass is 278 g/mol. The molecule has 0 spiro atoms. The molecule has 1 aromatic rings. The Bertz CT molecular complexity index is 568. The van der Waals surface area contributed by atoms with Crippen molar-refractivity contribution in [3.05, 3.63) is 39.4 Å². The van der Waals surface area contributed by atoms with Gasteiger partial charge in [0.1, 0.15) is 0 Å². The first-order valence-electron chi connectivity index (χ1n) is 6.47. The normalized spacial score (nSPS) is 23.8. The van der Waals surface area contributed by atoms with Gasteiger partial charge >= 0.3 is 0 Å². The minimum atomic E-state index is -0.521. The molecule has 20 heavy (non-hydrogen) atoms. The number of hydrogen-bond acceptors (Lipinski definition) is 4. The Morgan fingerprint density at radius 1 is 1.50 bits per heavy atom. The minimum Gasteiger partial charge on any atom is -0.392 e. The van der Waals surface area contributed by atoms with Crippen molar-refractivity contribution in [3.8, 4) is 0 Å². The fourth-order valence-electron chi connectivity index (χ4n) is 2.35. The van der Waals surface area contributed by atoms with Gasteiger partial charge in [-0.15, -0.1) is 0 Å². The van der Waals surface area contributed by atoms with Crippen molar-refractivity contribution in [1.82, 2.24) is 5.32 Å². The molecule has 6 nitrogen and oxygen atoms in total. The molecule has 1 saturated carbocycles. The molecule has 0 saturated heterocycles. The number of aliphatic hydroxyl groups is 1. The number of nitrogens with one attached hydrogen (secondary N) is 1. The predicted octanol–water partition coefficient (Wildman–Crippen LogP) is 1.79. The van der Waals surface area contributed by atoms with Crippen LogP contribution in [0.2, 0.25) is 0 Å². The molecule has 0 aromatic heterocycles. The zero-order valence-electron chi connectivity index (χ0n) is 11.7. The van der Waals surface area contributed by atoms with Crippen LogP contribution in [0.1, 0.15) is 36.2 Å². The first-order valence-corrected chi connectivity index (χ1v) is 6.47. The van der Waals surface area contributed by atoms with Gasteiger partial charge in [0.05, 0.1) is 11.0 Å². The molecule has 0 heterocycles. The molecule has 0 radical (unpaired) electrons. The second-order valence-electron chi connectivity index (χ2n) is 5.86. The molecule has 1 amide bonds. The molecule has 108 valence electrons. The van der Waals surface area contributed by atoms with Crippen LogP contribution in [0.15, 0.2) is 18.2 Å². The third-order valence-corrected chi connectivity index (χ3v) is 4.20. The molecule has 2 N–H and O–H groups in total. The van der Waals surface area contributed by atoms with Gasteiger partial charge in [-0.1, -0.05) is 19.9 Å². The summed E-state index contributed by atoms with van der Waals surface area (Å²) in [6.45, 7) is 5.50. The molecule has 2 atom stereocenters. The largest absolute Gasteiger partial charge is 0.392 e. The van der Waals surface area contributed by atoms with E-state index in [1.54, 1.807) is 13.0 Å². The minimum absolute atomic E-state index is 0.103. The first-order chi connectivity index (χ1) is 9.23. The topological polar surface area (TPSA) is 92.5 Å². The third-order valence-electron chi connectivity index (χ3n) is 4.20. The number of nitrogens with zero attached hydrogens (tertiary/aromatic N) is 1. The molecule has 6 heteroatoms. The van der Waals surface area contributed by atoms with E-state index in [2.05, 4.69) is 5.32 Å². The number of hydrogen-bond donors (Lipinski definition) is 2. The number of carbonyl (C=O) groups is 1. The molecule has 1 fully saturated rings. The highest BCUT2D eigenvalue weighted by atomic mass is 16.6. The van der Waals surface area contributed by atoms with Crippen LogP contribution in [0, 0.1) is 22.5 Å². The second-order valence-corrected chi connectivity index (χ2v) is 5.86. The zero-order chi connectivity index (χ0) is 15.1. The van der Waals surface area contributed by atoms with E-state index in [-0.39, 0.29) is 23.1 Å². The van der Waals surface area contributed by atoms with Gasteiger partial charge in [0.2, 0.25) is 0 Å². The lowest BCUT2D eigenvalue weighted by atomic mass is 9.64. The van der Waals surface area contributed by atoms with Crippen LogP contribution in [0.4, 0.5) is 5.69 Å². The van der Waals surface area contributed by atoms with Crippen molar-refractivity contribution in [3.63, 3.8) is 0 Å². The number of carbonyl (C=O) groups excluding carboxylic acids is 1. The van der Waals surface area contributed by atoms with Crippen LogP contribution in [-0.4, -0.2) is 28.1 Å². The number of non-ortho nitro benzene ring substituents is 1. The summed E-state index contributed by atoms with van der Waals surface area (Å²) in [6.07, 6.45) is 0.0752. The number of aryl methyl sites for hydroxylation is 1. The van der Waals surface area contributed by atoms with Gasteiger partial charge < -0.3 is 10.4 Å². The van der Waals surface area contributed by atoms with E-state index in [1.807, 2.05) is 13.8 Å². The van der Waals surface area contributed by atoms with Crippen LogP contribution in [0.3, 0.4) is 0 Å². The van der Waals surface area contributed by atoms with Gasteiger partial charge in [0.25, 0.3) is 11.6 Å². The van der Waals surface area contributed by atoms with Gasteiger partial charge in [-0.2, -0.15) is 0 Å². The summed E-state index contributed by atoms with van der Waals surface area (Å²) >= 11 is 0. The summed E-state index contributed by atoms with van der Waals surface area (Å²) in [5, 5.41) is 23.3. The van der Waals surface area contributed by atoms with Crippen LogP contribution in [0.25, 0.3) is 0 Å². The molecule has 0 aliphatic heterocycles. The molecule has 0 bridgehead atoms. The van der Waals surface area contributed by atoms with Gasteiger partial charge in [0, 0.05) is 29.2 Å². The number of rotatable bonds is 3. The summed E-state index contributed by atoms with van der Waals surface area (Å²) in [7, 11) is 0. The third kappa shape index (κ3) is 2.38. The predicted molar refractivity (Wildman–Crippen MR) is 73.5 cm³/mol. The number of amides is 1. The average Bonchev–Trinajstić information content (AvgIpc) is 2.38. The Labute approximate surface area is 117 Å². The fraction of sp³-hybridized carbons (Fsp3) is 0.500. The van der Waals surface area contributed by atoms with E-state index in [0.29, 0.717) is 17.5 Å². The van der Waals surface area contributed by atoms with E-state index in [0.717, 1.165) is 0 Å². The summed E-state index contributed by atoms with van der Waals surface area (Å²) < 4.78 is 0. The van der Waals surface area contributed by atoms with E-state index in [9.17, 15) is 20.0 Å². The van der Waals surface area contributed by atoms with Crippen LogP contribution in [0.5, 0.6) is 0 Å². The van der Waals surface area contributed by atoms with E-state index >= 15 is 0 Å².